The van der Waals surface area contributed by atoms with Gasteiger partial charge >= 0.3 is 0 Å². The number of fused-ring (bicyclic) bond motifs is 6. The van der Waals surface area contributed by atoms with Crippen molar-refractivity contribution in [3.63, 3.8) is 0 Å². The largest absolute Gasteiger partial charge is 0.507 e. The number of hydrogen-bond donors (Lipinski definition) is 1. The number of aromatic hydroxyl groups is 1. The van der Waals surface area contributed by atoms with Crippen molar-refractivity contribution in [3.05, 3.63) is 206 Å². The summed E-state index contributed by atoms with van der Waals surface area (Å²) in [5, 5.41) is 16.4. The molecule has 0 atom stereocenters. The lowest BCUT2D eigenvalue weighted by Crippen LogP contribution is -2.05. The Labute approximate surface area is 342 Å². The van der Waals surface area contributed by atoms with E-state index >= 15 is 0 Å². The summed E-state index contributed by atoms with van der Waals surface area (Å²) < 4.78 is 11.1. The highest BCUT2D eigenvalue weighted by Gasteiger charge is 2.16. The van der Waals surface area contributed by atoms with E-state index in [0.29, 0.717) is 22.5 Å². The molecule has 0 amide bonds. The first kappa shape index (κ1) is 34.5. The van der Waals surface area contributed by atoms with Gasteiger partial charge in [0.2, 0.25) is 0 Å². The molecule has 5 heteroatoms. The molecule has 2 radical (unpaired) electrons. The van der Waals surface area contributed by atoms with Crippen molar-refractivity contribution in [1.82, 2.24) is 9.13 Å². The zero-order chi connectivity index (χ0) is 39.5. The second-order valence-electron chi connectivity index (χ2n) is 15.0. The molecule has 59 heavy (non-hydrogen) atoms. The van der Waals surface area contributed by atoms with Gasteiger partial charge in [0.25, 0.3) is 0 Å². The van der Waals surface area contributed by atoms with Crippen LogP contribution in [0.4, 0.5) is 0 Å². The quantitative estimate of drug-likeness (QED) is 0.165. The Kier molecular flexibility index (Phi) is 8.19. The smallest absolute Gasteiger partial charge is 0.128 e. The van der Waals surface area contributed by atoms with Crippen LogP contribution in [0.25, 0.3) is 88.4 Å². The highest BCUT2D eigenvalue weighted by Crippen LogP contribution is 2.41. The van der Waals surface area contributed by atoms with Gasteiger partial charge in [0.05, 0.1) is 22.1 Å². The Morgan fingerprint density at radius 3 is 1.49 bits per heavy atom. The molecular weight excluding hydrogens is 719 g/mol. The molecule has 276 valence electrons. The minimum Gasteiger partial charge on any atom is -0.507 e. The molecule has 1 N–H and O–H groups in total. The molecule has 0 fully saturated rings. The maximum atomic E-state index is 11.5. The van der Waals surface area contributed by atoms with Crippen molar-refractivity contribution in [3.8, 4) is 62.0 Å². The van der Waals surface area contributed by atoms with E-state index in [-0.39, 0.29) is 5.75 Å². The van der Waals surface area contributed by atoms with Gasteiger partial charge in [0.1, 0.15) is 25.1 Å². The van der Waals surface area contributed by atoms with Crippen LogP contribution in [0.2, 0.25) is 0 Å². The van der Waals surface area contributed by atoms with Crippen molar-refractivity contribution < 1.29 is 9.84 Å². The van der Waals surface area contributed by atoms with Crippen molar-refractivity contribution >= 4 is 56.9 Å². The zero-order valence-electron chi connectivity index (χ0n) is 32.0. The summed E-state index contributed by atoms with van der Waals surface area (Å²) in [6.07, 6.45) is 0. The monoisotopic (exact) mass is 754 g/mol. The molecule has 0 aliphatic heterocycles. The normalized spacial score (nSPS) is 11.5. The molecule has 0 saturated heterocycles. The third-order valence-electron chi connectivity index (χ3n) is 11.4. The molecule has 0 aliphatic carbocycles. The van der Waals surface area contributed by atoms with Gasteiger partial charge in [-0.25, -0.2) is 0 Å². The SMILES string of the molecule is [B]c1ccccc1Oc1cc(-c2ccc(-n3c4ccccc4c4ccccc43)cc2)cc(-c2cc(-c3cccc(-n4c5ccccc5c5ccccc54)c3)ccc2O)c1. The van der Waals surface area contributed by atoms with Crippen LogP contribution in [0.5, 0.6) is 17.2 Å². The fraction of sp³-hybridized carbons (Fsp3) is 0. The molecule has 0 spiro atoms. The number of nitrogens with zero attached hydrogens (tertiary/aromatic N) is 2. The number of phenols is 1. The fourth-order valence-electron chi connectivity index (χ4n) is 8.66. The van der Waals surface area contributed by atoms with Gasteiger partial charge in [-0.1, -0.05) is 127 Å². The minimum atomic E-state index is 0.177. The molecule has 0 saturated carbocycles. The number of para-hydroxylation sites is 5. The van der Waals surface area contributed by atoms with E-state index in [4.69, 9.17) is 12.6 Å². The van der Waals surface area contributed by atoms with Gasteiger partial charge in [-0.05, 0) is 113 Å². The summed E-state index contributed by atoms with van der Waals surface area (Å²) >= 11 is 0. The second-order valence-corrected chi connectivity index (χ2v) is 15.0. The lowest BCUT2D eigenvalue weighted by atomic mass is 9.94. The standard InChI is InChI=1S/C54H35BN2O2/c55-48-18-5-10-23-54(48)59-42-32-38(35-24-27-40(28-25-35)56-49-19-6-1-14-43(49)44-15-2-7-20-50(44)56)30-39(33-42)47-34-37(26-29-53(47)58)36-12-11-13-41(31-36)57-51-21-8-3-16-45(51)46-17-4-9-22-52(46)57/h1-34,58H. The highest BCUT2D eigenvalue weighted by molar-refractivity contribution is 6.34. The summed E-state index contributed by atoms with van der Waals surface area (Å²) in [6, 6.07) is 70.8. The number of ether oxygens (including phenoxy) is 1. The predicted molar refractivity (Wildman–Crippen MR) is 245 cm³/mol. The third kappa shape index (κ3) is 5.95. The van der Waals surface area contributed by atoms with Crippen LogP contribution in [0, 0.1) is 0 Å². The van der Waals surface area contributed by atoms with Crippen LogP contribution >= 0.6 is 0 Å². The summed E-state index contributed by atoms with van der Waals surface area (Å²) in [6.45, 7) is 0. The Bertz CT molecular complexity index is 3290. The maximum Gasteiger partial charge on any atom is 0.128 e. The molecular formula is C54H35BN2O2. The number of rotatable bonds is 7. The van der Waals surface area contributed by atoms with Crippen LogP contribution in [0.1, 0.15) is 0 Å². The van der Waals surface area contributed by atoms with Crippen molar-refractivity contribution in [2.24, 2.45) is 0 Å². The Morgan fingerprint density at radius 1 is 0.373 bits per heavy atom. The number of benzene rings is 9. The van der Waals surface area contributed by atoms with E-state index in [2.05, 4.69) is 167 Å². The topological polar surface area (TPSA) is 39.3 Å². The number of phenolic OH excluding ortho intramolecular Hbond substituents is 1. The molecule has 0 bridgehead atoms. The average molecular weight is 755 g/mol. The minimum absolute atomic E-state index is 0.177. The fourth-order valence-corrected chi connectivity index (χ4v) is 8.66. The zero-order valence-corrected chi connectivity index (χ0v) is 32.0. The van der Waals surface area contributed by atoms with E-state index in [1.54, 1.807) is 6.07 Å². The van der Waals surface area contributed by atoms with Gasteiger partial charge in [-0.3, -0.25) is 0 Å². The number of hydrogen-bond acceptors (Lipinski definition) is 2. The van der Waals surface area contributed by atoms with Gasteiger partial charge in [0, 0.05) is 38.5 Å². The predicted octanol–water partition coefficient (Wildman–Crippen LogP) is 13.2. The first-order valence-corrected chi connectivity index (χ1v) is 19.8. The molecule has 4 nitrogen and oxygen atoms in total. The van der Waals surface area contributed by atoms with E-state index in [1.165, 1.54) is 21.5 Å². The van der Waals surface area contributed by atoms with Gasteiger partial charge in [-0.15, -0.1) is 0 Å². The van der Waals surface area contributed by atoms with Crippen LogP contribution in [0.3, 0.4) is 0 Å². The lowest BCUT2D eigenvalue weighted by molar-refractivity contribution is 0.477. The van der Waals surface area contributed by atoms with Crippen LogP contribution in [0.15, 0.2) is 206 Å². The molecule has 2 heterocycles. The average Bonchev–Trinajstić information content (AvgIpc) is 3.81. The van der Waals surface area contributed by atoms with Crippen molar-refractivity contribution in [2.45, 2.75) is 0 Å². The van der Waals surface area contributed by atoms with Gasteiger partial charge in [-0.2, -0.15) is 0 Å². The Morgan fingerprint density at radius 2 is 0.881 bits per heavy atom. The highest BCUT2D eigenvalue weighted by atomic mass is 16.5. The van der Waals surface area contributed by atoms with E-state index < -0.39 is 0 Å². The molecule has 2 aromatic heterocycles. The van der Waals surface area contributed by atoms with E-state index in [9.17, 15) is 5.11 Å². The van der Waals surface area contributed by atoms with Gasteiger partial charge < -0.3 is 19.0 Å². The lowest BCUT2D eigenvalue weighted by Gasteiger charge is -2.16. The molecule has 11 rings (SSSR count). The van der Waals surface area contributed by atoms with Crippen LogP contribution in [-0.4, -0.2) is 22.1 Å². The van der Waals surface area contributed by atoms with Crippen LogP contribution in [-0.2, 0) is 0 Å². The van der Waals surface area contributed by atoms with E-state index in [1.807, 2.05) is 42.5 Å². The Hall–Kier alpha value is -7.76. The van der Waals surface area contributed by atoms with Gasteiger partial charge in [0.15, 0.2) is 0 Å². The molecule has 9 aromatic carbocycles. The summed E-state index contributed by atoms with van der Waals surface area (Å²) in [5.41, 5.74) is 12.8. The third-order valence-corrected chi connectivity index (χ3v) is 11.4. The summed E-state index contributed by atoms with van der Waals surface area (Å²) in [7, 11) is 6.36. The maximum absolute atomic E-state index is 11.5. The van der Waals surface area contributed by atoms with E-state index in [0.717, 1.165) is 61.3 Å². The van der Waals surface area contributed by atoms with Crippen molar-refractivity contribution in [1.29, 1.82) is 0 Å². The van der Waals surface area contributed by atoms with Crippen LogP contribution < -0.4 is 10.2 Å². The first-order valence-electron chi connectivity index (χ1n) is 19.8. The second kappa shape index (κ2) is 14.0. The molecule has 0 unspecified atom stereocenters. The summed E-state index contributed by atoms with van der Waals surface area (Å²) in [5.74, 6) is 1.36. The first-order chi connectivity index (χ1) is 29.1. The number of aromatic nitrogens is 2. The van der Waals surface area contributed by atoms with Crippen molar-refractivity contribution in [2.75, 3.05) is 0 Å². The molecule has 11 aromatic rings. The molecule has 0 aliphatic rings. The Balaban J connectivity index is 1.02. The summed E-state index contributed by atoms with van der Waals surface area (Å²) in [4.78, 5) is 0.